The Kier molecular flexibility index (Phi) is 3.32. The smallest absolute Gasteiger partial charge is 0.119 e. The van der Waals surface area contributed by atoms with Gasteiger partial charge in [-0.15, -0.1) is 6.58 Å². The standard InChI is InChI=1S/C12H14O/c1-3-6-10(2)9-11-7-4-5-8-12(11)13/h3-5,7-8,13H,1-2,6,9H2. The van der Waals surface area contributed by atoms with E-state index in [0.717, 1.165) is 24.0 Å². The Labute approximate surface area is 79.0 Å². The van der Waals surface area contributed by atoms with E-state index in [1.54, 1.807) is 6.07 Å². The van der Waals surface area contributed by atoms with Crippen LogP contribution in [0.2, 0.25) is 0 Å². The molecule has 13 heavy (non-hydrogen) atoms. The van der Waals surface area contributed by atoms with Crippen LogP contribution in [0, 0.1) is 0 Å². The van der Waals surface area contributed by atoms with Crippen LogP contribution < -0.4 is 0 Å². The van der Waals surface area contributed by atoms with Gasteiger partial charge in [-0.2, -0.15) is 0 Å². The van der Waals surface area contributed by atoms with Gasteiger partial charge in [0.1, 0.15) is 5.75 Å². The van der Waals surface area contributed by atoms with E-state index in [0.29, 0.717) is 5.75 Å². The highest BCUT2D eigenvalue weighted by atomic mass is 16.3. The number of phenolic OH excluding ortho intramolecular Hbond substituents is 1. The van der Waals surface area contributed by atoms with Crippen LogP contribution in [0.5, 0.6) is 5.75 Å². The highest BCUT2D eigenvalue weighted by Crippen LogP contribution is 2.19. The first-order chi connectivity index (χ1) is 6.24. The molecule has 68 valence electrons. The second-order valence-corrected chi connectivity index (χ2v) is 3.05. The maximum atomic E-state index is 9.46. The molecule has 0 amide bonds. The molecule has 0 saturated heterocycles. The first-order valence-corrected chi connectivity index (χ1v) is 4.28. The van der Waals surface area contributed by atoms with E-state index in [1.165, 1.54) is 0 Å². The number of rotatable bonds is 4. The van der Waals surface area contributed by atoms with Crippen LogP contribution in [0.1, 0.15) is 12.0 Å². The predicted molar refractivity (Wildman–Crippen MR) is 55.8 cm³/mol. The Hall–Kier alpha value is -1.50. The summed E-state index contributed by atoms with van der Waals surface area (Å²) in [5.41, 5.74) is 1.99. The number of allylic oxidation sites excluding steroid dienone is 2. The normalized spacial score (nSPS) is 9.54. The van der Waals surface area contributed by atoms with Gasteiger partial charge in [-0.3, -0.25) is 0 Å². The molecule has 1 heteroatoms. The van der Waals surface area contributed by atoms with Crippen molar-refractivity contribution in [2.45, 2.75) is 12.8 Å². The molecule has 0 atom stereocenters. The van der Waals surface area contributed by atoms with Gasteiger partial charge in [0.05, 0.1) is 0 Å². The first kappa shape index (κ1) is 9.59. The molecule has 0 spiro atoms. The molecule has 0 saturated carbocycles. The van der Waals surface area contributed by atoms with Crippen LogP contribution in [0.25, 0.3) is 0 Å². The molecular formula is C12H14O. The Morgan fingerprint density at radius 1 is 1.38 bits per heavy atom. The molecule has 0 aliphatic carbocycles. The summed E-state index contributed by atoms with van der Waals surface area (Å²) in [6, 6.07) is 7.32. The van der Waals surface area contributed by atoms with Crippen molar-refractivity contribution in [1.29, 1.82) is 0 Å². The molecule has 0 radical (unpaired) electrons. The minimum atomic E-state index is 0.340. The quantitative estimate of drug-likeness (QED) is 0.695. The van der Waals surface area contributed by atoms with Gasteiger partial charge in [0.2, 0.25) is 0 Å². The summed E-state index contributed by atoms with van der Waals surface area (Å²) in [5, 5.41) is 9.46. The van der Waals surface area contributed by atoms with Gasteiger partial charge >= 0.3 is 0 Å². The summed E-state index contributed by atoms with van der Waals surface area (Å²) in [6.45, 7) is 7.54. The van der Waals surface area contributed by atoms with Gasteiger partial charge in [0.15, 0.2) is 0 Å². The Bertz CT molecular complexity index is 313. The van der Waals surface area contributed by atoms with Crippen LogP contribution in [0.15, 0.2) is 49.1 Å². The molecule has 0 aromatic heterocycles. The highest BCUT2D eigenvalue weighted by Gasteiger charge is 2.00. The third kappa shape index (κ3) is 2.79. The third-order valence-corrected chi connectivity index (χ3v) is 1.87. The minimum absolute atomic E-state index is 0.340. The maximum absolute atomic E-state index is 9.46. The van der Waals surface area contributed by atoms with Crippen molar-refractivity contribution >= 4 is 0 Å². The molecule has 1 N–H and O–H groups in total. The van der Waals surface area contributed by atoms with Crippen LogP contribution >= 0.6 is 0 Å². The van der Waals surface area contributed by atoms with Gasteiger partial charge in [-0.1, -0.05) is 36.4 Å². The third-order valence-electron chi connectivity index (χ3n) is 1.87. The molecular weight excluding hydrogens is 160 g/mol. The van der Waals surface area contributed by atoms with Crippen molar-refractivity contribution in [1.82, 2.24) is 0 Å². The lowest BCUT2D eigenvalue weighted by Gasteiger charge is -2.04. The maximum Gasteiger partial charge on any atom is 0.119 e. The molecule has 0 fully saturated rings. The molecule has 1 rings (SSSR count). The van der Waals surface area contributed by atoms with Gasteiger partial charge < -0.3 is 5.11 Å². The monoisotopic (exact) mass is 174 g/mol. The summed E-state index contributed by atoms with van der Waals surface area (Å²) in [5.74, 6) is 0.340. The van der Waals surface area contributed by atoms with Crippen molar-refractivity contribution in [3.8, 4) is 5.75 Å². The van der Waals surface area contributed by atoms with Gasteiger partial charge in [0, 0.05) is 0 Å². The van der Waals surface area contributed by atoms with Gasteiger partial charge in [-0.25, -0.2) is 0 Å². The lowest BCUT2D eigenvalue weighted by Crippen LogP contribution is -1.88. The van der Waals surface area contributed by atoms with Crippen molar-refractivity contribution in [3.05, 3.63) is 54.6 Å². The zero-order valence-corrected chi connectivity index (χ0v) is 7.66. The summed E-state index contributed by atoms with van der Waals surface area (Å²) in [4.78, 5) is 0. The molecule has 0 aliphatic rings. The lowest BCUT2D eigenvalue weighted by molar-refractivity contribution is 0.469. The van der Waals surface area contributed by atoms with E-state index in [-0.39, 0.29) is 0 Å². The largest absolute Gasteiger partial charge is 0.508 e. The van der Waals surface area contributed by atoms with Crippen LogP contribution in [0.4, 0.5) is 0 Å². The van der Waals surface area contributed by atoms with Crippen molar-refractivity contribution in [2.24, 2.45) is 0 Å². The van der Waals surface area contributed by atoms with Crippen molar-refractivity contribution in [3.63, 3.8) is 0 Å². The average molecular weight is 174 g/mol. The highest BCUT2D eigenvalue weighted by molar-refractivity contribution is 5.34. The number of benzene rings is 1. The Morgan fingerprint density at radius 2 is 2.08 bits per heavy atom. The van der Waals surface area contributed by atoms with E-state index >= 15 is 0 Å². The molecule has 0 heterocycles. The predicted octanol–water partition coefficient (Wildman–Crippen LogP) is 3.07. The summed E-state index contributed by atoms with van der Waals surface area (Å²) in [7, 11) is 0. The second kappa shape index (κ2) is 4.51. The van der Waals surface area contributed by atoms with E-state index in [2.05, 4.69) is 13.2 Å². The van der Waals surface area contributed by atoms with Crippen molar-refractivity contribution < 1.29 is 5.11 Å². The molecule has 1 nitrogen and oxygen atoms in total. The number of phenols is 1. The van der Waals surface area contributed by atoms with Crippen molar-refractivity contribution in [2.75, 3.05) is 0 Å². The number of para-hydroxylation sites is 1. The molecule has 0 bridgehead atoms. The second-order valence-electron chi connectivity index (χ2n) is 3.05. The number of hydrogen-bond acceptors (Lipinski definition) is 1. The number of hydrogen-bond donors (Lipinski definition) is 1. The topological polar surface area (TPSA) is 20.2 Å². The lowest BCUT2D eigenvalue weighted by atomic mass is 10.0. The SMILES string of the molecule is C=CCC(=C)Cc1ccccc1O. The van der Waals surface area contributed by atoms with Gasteiger partial charge in [-0.05, 0) is 24.5 Å². The minimum Gasteiger partial charge on any atom is -0.508 e. The first-order valence-electron chi connectivity index (χ1n) is 4.28. The molecule has 1 aromatic carbocycles. The summed E-state index contributed by atoms with van der Waals surface area (Å²) in [6.07, 6.45) is 3.34. The molecule has 0 unspecified atom stereocenters. The molecule has 0 aliphatic heterocycles. The van der Waals surface area contributed by atoms with Crippen LogP contribution in [0.3, 0.4) is 0 Å². The fourth-order valence-corrected chi connectivity index (χ4v) is 1.21. The molecule has 1 aromatic rings. The fraction of sp³-hybridized carbons (Fsp3) is 0.167. The van der Waals surface area contributed by atoms with Gasteiger partial charge in [0.25, 0.3) is 0 Å². The zero-order valence-electron chi connectivity index (χ0n) is 7.66. The fourth-order valence-electron chi connectivity index (χ4n) is 1.21. The average Bonchev–Trinajstić information content (AvgIpc) is 2.09. The van der Waals surface area contributed by atoms with E-state index < -0.39 is 0 Å². The Morgan fingerprint density at radius 3 is 2.69 bits per heavy atom. The summed E-state index contributed by atoms with van der Waals surface area (Å²) >= 11 is 0. The van der Waals surface area contributed by atoms with Crippen LogP contribution in [-0.2, 0) is 6.42 Å². The van der Waals surface area contributed by atoms with Crippen LogP contribution in [-0.4, -0.2) is 5.11 Å². The zero-order chi connectivity index (χ0) is 9.68. The number of aromatic hydroxyl groups is 1. The summed E-state index contributed by atoms with van der Waals surface area (Å²) < 4.78 is 0. The van der Waals surface area contributed by atoms with E-state index in [9.17, 15) is 5.11 Å². The Balaban J connectivity index is 2.68. The van der Waals surface area contributed by atoms with E-state index in [4.69, 9.17) is 0 Å². The van der Waals surface area contributed by atoms with E-state index in [1.807, 2.05) is 24.3 Å².